The first kappa shape index (κ1) is 17.1. The Balaban J connectivity index is 1.48. The van der Waals surface area contributed by atoms with Crippen LogP contribution in [0.25, 0.3) is 0 Å². The molecule has 0 radical (unpaired) electrons. The van der Waals surface area contributed by atoms with Crippen molar-refractivity contribution in [1.29, 1.82) is 0 Å². The lowest BCUT2D eigenvalue weighted by atomic mass is 9.95. The number of aryl methyl sites for hydroxylation is 1. The van der Waals surface area contributed by atoms with Crippen LogP contribution in [0, 0.1) is 12.8 Å². The Labute approximate surface area is 147 Å². The molecule has 2 N–H and O–H groups in total. The van der Waals surface area contributed by atoms with Crippen molar-refractivity contribution in [2.75, 3.05) is 32.1 Å². The monoisotopic (exact) mass is 341 g/mol. The van der Waals surface area contributed by atoms with Crippen LogP contribution in [-0.2, 0) is 11.2 Å². The fourth-order valence-electron chi connectivity index (χ4n) is 2.92. The van der Waals surface area contributed by atoms with Gasteiger partial charge in [0, 0.05) is 31.2 Å². The Morgan fingerprint density at radius 1 is 1.36 bits per heavy atom. The number of ether oxygens (including phenoxy) is 2. The quantitative estimate of drug-likeness (QED) is 0.788. The van der Waals surface area contributed by atoms with E-state index < -0.39 is 0 Å². The molecule has 0 saturated carbocycles. The molecule has 6 nitrogen and oxygen atoms in total. The van der Waals surface area contributed by atoms with Gasteiger partial charge in [0.15, 0.2) is 11.5 Å². The van der Waals surface area contributed by atoms with Crippen molar-refractivity contribution in [3.8, 4) is 11.5 Å². The molecule has 25 heavy (non-hydrogen) atoms. The van der Waals surface area contributed by atoms with Crippen molar-refractivity contribution in [3.05, 3.63) is 47.8 Å². The summed E-state index contributed by atoms with van der Waals surface area (Å²) in [7, 11) is 1.62. The van der Waals surface area contributed by atoms with Gasteiger partial charge >= 0.3 is 0 Å². The van der Waals surface area contributed by atoms with Crippen LogP contribution in [-0.4, -0.2) is 37.7 Å². The fourth-order valence-corrected chi connectivity index (χ4v) is 2.92. The summed E-state index contributed by atoms with van der Waals surface area (Å²) >= 11 is 0. The Bertz CT molecular complexity index is 748. The van der Waals surface area contributed by atoms with Crippen LogP contribution < -0.4 is 20.1 Å². The Kier molecular flexibility index (Phi) is 5.38. The van der Waals surface area contributed by atoms with E-state index in [0.29, 0.717) is 31.9 Å². The lowest BCUT2D eigenvalue weighted by molar-refractivity contribution is -0.126. The molecule has 0 fully saturated rings. The molecule has 0 bridgehead atoms. The Morgan fingerprint density at radius 2 is 2.24 bits per heavy atom. The summed E-state index contributed by atoms with van der Waals surface area (Å²) in [5.41, 5.74) is 3.13. The van der Waals surface area contributed by atoms with Crippen LogP contribution in [0.4, 0.5) is 5.69 Å². The van der Waals surface area contributed by atoms with Crippen LogP contribution in [0.3, 0.4) is 0 Å². The summed E-state index contributed by atoms with van der Waals surface area (Å²) in [6.07, 6.45) is 4.22. The number of amides is 1. The topological polar surface area (TPSA) is 72.5 Å². The molecule has 1 atom stereocenters. The third-order valence-electron chi connectivity index (χ3n) is 4.31. The first-order valence-electron chi connectivity index (χ1n) is 8.40. The summed E-state index contributed by atoms with van der Waals surface area (Å²) < 4.78 is 11.1. The number of carbonyl (C=O) groups excluding carboxylic acids is 1. The zero-order chi connectivity index (χ0) is 17.6. The first-order chi connectivity index (χ1) is 12.2. The number of para-hydroxylation sites is 1. The molecule has 132 valence electrons. The lowest BCUT2D eigenvalue weighted by Crippen LogP contribution is -2.39. The van der Waals surface area contributed by atoms with Gasteiger partial charge in [-0.1, -0.05) is 12.1 Å². The molecule has 3 rings (SSSR count). The third-order valence-corrected chi connectivity index (χ3v) is 4.31. The molecule has 1 aliphatic rings. The number of nitrogens with one attached hydrogen (secondary N) is 2. The van der Waals surface area contributed by atoms with Gasteiger partial charge in [-0.15, -0.1) is 0 Å². The minimum atomic E-state index is -0.178. The molecule has 0 spiro atoms. The summed E-state index contributed by atoms with van der Waals surface area (Å²) in [6, 6.07) is 7.69. The number of fused-ring (bicyclic) bond motifs is 1. The minimum absolute atomic E-state index is 0.0155. The van der Waals surface area contributed by atoms with E-state index in [1.54, 1.807) is 13.3 Å². The van der Waals surface area contributed by atoms with Crippen LogP contribution in [0.1, 0.15) is 11.1 Å². The minimum Gasteiger partial charge on any atom is -0.493 e. The van der Waals surface area contributed by atoms with E-state index in [2.05, 4.69) is 15.6 Å². The molecule has 2 heterocycles. The SMILES string of the molecule is COc1cccc2c1OCC(C(=O)NCCNc1ccncc1C)C2. The first-order valence-corrected chi connectivity index (χ1v) is 8.40. The average molecular weight is 341 g/mol. The van der Waals surface area contributed by atoms with Gasteiger partial charge < -0.3 is 20.1 Å². The molecular formula is C19H23N3O3. The molecule has 1 unspecified atom stereocenters. The van der Waals surface area contributed by atoms with Gasteiger partial charge in [-0.3, -0.25) is 9.78 Å². The number of nitrogens with zero attached hydrogens (tertiary/aromatic N) is 1. The van der Waals surface area contributed by atoms with Crippen LogP contribution in [0.5, 0.6) is 11.5 Å². The number of hydrogen-bond acceptors (Lipinski definition) is 5. The second kappa shape index (κ2) is 7.88. The van der Waals surface area contributed by atoms with Gasteiger partial charge in [-0.05, 0) is 36.6 Å². The molecule has 1 aromatic heterocycles. The Morgan fingerprint density at radius 3 is 3.04 bits per heavy atom. The van der Waals surface area contributed by atoms with E-state index in [4.69, 9.17) is 9.47 Å². The molecule has 6 heteroatoms. The van der Waals surface area contributed by atoms with Crippen molar-refractivity contribution in [2.24, 2.45) is 5.92 Å². The van der Waals surface area contributed by atoms with E-state index in [1.807, 2.05) is 37.4 Å². The maximum Gasteiger partial charge on any atom is 0.226 e. The van der Waals surface area contributed by atoms with Gasteiger partial charge in [0.05, 0.1) is 13.0 Å². The summed E-state index contributed by atoms with van der Waals surface area (Å²) in [4.78, 5) is 16.4. The third kappa shape index (κ3) is 4.02. The maximum atomic E-state index is 12.4. The highest BCUT2D eigenvalue weighted by atomic mass is 16.5. The summed E-state index contributed by atoms with van der Waals surface area (Å²) in [6.45, 7) is 3.59. The highest BCUT2D eigenvalue weighted by Crippen LogP contribution is 2.35. The molecular weight excluding hydrogens is 318 g/mol. The Hall–Kier alpha value is -2.76. The highest BCUT2D eigenvalue weighted by Gasteiger charge is 2.27. The van der Waals surface area contributed by atoms with E-state index in [1.165, 1.54) is 0 Å². The van der Waals surface area contributed by atoms with E-state index in [-0.39, 0.29) is 11.8 Å². The van der Waals surface area contributed by atoms with Crippen LogP contribution in [0.15, 0.2) is 36.7 Å². The predicted octanol–water partition coefficient (Wildman–Crippen LogP) is 2.18. The van der Waals surface area contributed by atoms with E-state index in [0.717, 1.165) is 22.6 Å². The van der Waals surface area contributed by atoms with Crippen molar-refractivity contribution in [1.82, 2.24) is 10.3 Å². The largest absolute Gasteiger partial charge is 0.493 e. The van der Waals surface area contributed by atoms with E-state index in [9.17, 15) is 4.79 Å². The van der Waals surface area contributed by atoms with E-state index >= 15 is 0 Å². The molecule has 0 aliphatic carbocycles. The number of anilines is 1. The van der Waals surface area contributed by atoms with Gasteiger partial charge in [0.25, 0.3) is 0 Å². The predicted molar refractivity (Wildman–Crippen MR) is 96.2 cm³/mol. The number of rotatable bonds is 6. The number of aromatic nitrogens is 1. The molecule has 1 aromatic carbocycles. The second-order valence-corrected chi connectivity index (χ2v) is 6.07. The number of carbonyl (C=O) groups is 1. The second-order valence-electron chi connectivity index (χ2n) is 6.07. The summed E-state index contributed by atoms with van der Waals surface area (Å²) in [5.74, 6) is 1.31. The van der Waals surface area contributed by atoms with Crippen molar-refractivity contribution < 1.29 is 14.3 Å². The zero-order valence-corrected chi connectivity index (χ0v) is 14.5. The van der Waals surface area contributed by atoms with Gasteiger partial charge in [-0.2, -0.15) is 0 Å². The number of pyridine rings is 1. The lowest BCUT2D eigenvalue weighted by Gasteiger charge is -2.25. The van der Waals surface area contributed by atoms with Crippen LogP contribution >= 0.6 is 0 Å². The zero-order valence-electron chi connectivity index (χ0n) is 14.5. The average Bonchev–Trinajstić information content (AvgIpc) is 2.65. The molecule has 1 aliphatic heterocycles. The summed E-state index contributed by atoms with van der Waals surface area (Å²) in [5, 5.41) is 6.27. The van der Waals surface area contributed by atoms with Crippen molar-refractivity contribution in [2.45, 2.75) is 13.3 Å². The number of hydrogen-bond donors (Lipinski definition) is 2. The fraction of sp³-hybridized carbons (Fsp3) is 0.368. The standard InChI is InChI=1S/C19H23N3O3/c1-13-11-20-7-6-16(13)21-8-9-22-19(23)15-10-14-4-3-5-17(24-2)18(14)25-12-15/h3-7,11,15H,8-10,12H2,1-2H3,(H,20,21)(H,22,23). The molecule has 2 aromatic rings. The highest BCUT2D eigenvalue weighted by molar-refractivity contribution is 5.79. The van der Waals surface area contributed by atoms with Crippen molar-refractivity contribution >= 4 is 11.6 Å². The maximum absolute atomic E-state index is 12.4. The van der Waals surface area contributed by atoms with Gasteiger partial charge in [0.2, 0.25) is 5.91 Å². The smallest absolute Gasteiger partial charge is 0.226 e. The van der Waals surface area contributed by atoms with Crippen LogP contribution in [0.2, 0.25) is 0 Å². The molecule has 1 amide bonds. The van der Waals surface area contributed by atoms with Crippen molar-refractivity contribution in [3.63, 3.8) is 0 Å². The number of methoxy groups -OCH3 is 1. The molecule has 0 saturated heterocycles. The number of benzene rings is 1. The van der Waals surface area contributed by atoms with Gasteiger partial charge in [0.1, 0.15) is 6.61 Å². The van der Waals surface area contributed by atoms with Gasteiger partial charge in [-0.25, -0.2) is 0 Å². The normalized spacial score (nSPS) is 15.7.